The smallest absolute Gasteiger partial charge is 0.167 e. The Kier molecular flexibility index (Phi) is 4.43. The van der Waals surface area contributed by atoms with Crippen LogP contribution < -0.4 is 5.32 Å². The van der Waals surface area contributed by atoms with Crippen LogP contribution in [0, 0.1) is 12.7 Å². The maximum atomic E-state index is 13.3. The van der Waals surface area contributed by atoms with E-state index in [0.717, 1.165) is 12.1 Å². The van der Waals surface area contributed by atoms with E-state index in [1.165, 1.54) is 6.07 Å². The Morgan fingerprint density at radius 1 is 1.47 bits per heavy atom. The SMILES string of the molecule is CCNCCC(=O)c1cc(C)ccc1F. The average molecular weight is 209 g/mol. The maximum absolute atomic E-state index is 13.3. The first kappa shape index (κ1) is 11.9. The van der Waals surface area contributed by atoms with Gasteiger partial charge in [0.25, 0.3) is 0 Å². The van der Waals surface area contributed by atoms with Crippen LogP contribution >= 0.6 is 0 Å². The lowest BCUT2D eigenvalue weighted by Crippen LogP contribution is -2.18. The molecule has 1 aromatic carbocycles. The van der Waals surface area contributed by atoms with Gasteiger partial charge in [0.2, 0.25) is 0 Å². The van der Waals surface area contributed by atoms with Gasteiger partial charge in [0.1, 0.15) is 5.82 Å². The molecule has 15 heavy (non-hydrogen) atoms. The third kappa shape index (κ3) is 3.44. The zero-order chi connectivity index (χ0) is 11.3. The summed E-state index contributed by atoms with van der Waals surface area (Å²) in [5.41, 5.74) is 1.11. The number of benzene rings is 1. The van der Waals surface area contributed by atoms with Crippen molar-refractivity contribution in [3.8, 4) is 0 Å². The Hall–Kier alpha value is -1.22. The van der Waals surface area contributed by atoms with Gasteiger partial charge in [-0.25, -0.2) is 4.39 Å². The number of carbonyl (C=O) groups excluding carboxylic acids is 1. The molecule has 82 valence electrons. The summed E-state index contributed by atoms with van der Waals surface area (Å²) in [5, 5.41) is 3.04. The summed E-state index contributed by atoms with van der Waals surface area (Å²) >= 11 is 0. The van der Waals surface area contributed by atoms with Gasteiger partial charge in [0.15, 0.2) is 5.78 Å². The molecule has 2 nitrogen and oxygen atoms in total. The van der Waals surface area contributed by atoms with Crippen LogP contribution in [0.4, 0.5) is 4.39 Å². The van der Waals surface area contributed by atoms with Crippen LogP contribution in [0.25, 0.3) is 0 Å². The van der Waals surface area contributed by atoms with E-state index in [1.807, 2.05) is 13.8 Å². The molecule has 1 aromatic rings. The van der Waals surface area contributed by atoms with Crippen LogP contribution in [0.2, 0.25) is 0 Å². The van der Waals surface area contributed by atoms with E-state index in [4.69, 9.17) is 0 Å². The molecular formula is C12H16FNO. The second kappa shape index (κ2) is 5.61. The molecule has 0 aliphatic rings. The summed E-state index contributed by atoms with van der Waals surface area (Å²) < 4.78 is 13.3. The first-order valence-corrected chi connectivity index (χ1v) is 5.15. The monoisotopic (exact) mass is 209 g/mol. The topological polar surface area (TPSA) is 29.1 Å². The zero-order valence-corrected chi connectivity index (χ0v) is 9.14. The number of nitrogens with one attached hydrogen (secondary N) is 1. The van der Waals surface area contributed by atoms with Crippen molar-refractivity contribution < 1.29 is 9.18 Å². The molecule has 0 atom stereocenters. The predicted molar refractivity (Wildman–Crippen MR) is 58.6 cm³/mol. The van der Waals surface area contributed by atoms with Crippen LogP contribution in [0.5, 0.6) is 0 Å². The number of aryl methyl sites for hydroxylation is 1. The molecule has 0 radical (unpaired) electrons. The van der Waals surface area contributed by atoms with Crippen LogP contribution in [0.1, 0.15) is 29.3 Å². The van der Waals surface area contributed by atoms with Crippen molar-refractivity contribution in [3.05, 3.63) is 35.1 Å². The largest absolute Gasteiger partial charge is 0.317 e. The first-order chi connectivity index (χ1) is 7.15. The van der Waals surface area contributed by atoms with Crippen LogP contribution in [-0.4, -0.2) is 18.9 Å². The second-order valence-electron chi connectivity index (χ2n) is 3.51. The van der Waals surface area contributed by atoms with Gasteiger partial charge < -0.3 is 5.32 Å². The Morgan fingerprint density at radius 2 is 2.20 bits per heavy atom. The van der Waals surface area contributed by atoms with E-state index in [0.29, 0.717) is 13.0 Å². The third-order valence-corrected chi connectivity index (χ3v) is 2.20. The number of hydrogen-bond acceptors (Lipinski definition) is 2. The minimum Gasteiger partial charge on any atom is -0.317 e. The molecule has 0 fully saturated rings. The molecule has 1 rings (SSSR count). The van der Waals surface area contributed by atoms with Crippen molar-refractivity contribution in [2.75, 3.05) is 13.1 Å². The van der Waals surface area contributed by atoms with Gasteiger partial charge in [-0.3, -0.25) is 4.79 Å². The van der Waals surface area contributed by atoms with E-state index in [2.05, 4.69) is 5.32 Å². The molecule has 0 aliphatic carbocycles. The fraction of sp³-hybridized carbons (Fsp3) is 0.417. The van der Waals surface area contributed by atoms with Gasteiger partial charge in [-0.05, 0) is 25.6 Å². The molecule has 0 saturated heterocycles. The lowest BCUT2D eigenvalue weighted by Gasteiger charge is -2.04. The van der Waals surface area contributed by atoms with Gasteiger partial charge in [-0.15, -0.1) is 0 Å². The summed E-state index contributed by atoms with van der Waals surface area (Å²) in [4.78, 5) is 11.6. The molecule has 3 heteroatoms. The lowest BCUT2D eigenvalue weighted by molar-refractivity contribution is 0.0979. The van der Waals surface area contributed by atoms with E-state index in [1.54, 1.807) is 12.1 Å². The Labute approximate surface area is 89.5 Å². The van der Waals surface area contributed by atoms with Crippen LogP contribution in [0.15, 0.2) is 18.2 Å². The van der Waals surface area contributed by atoms with E-state index >= 15 is 0 Å². The first-order valence-electron chi connectivity index (χ1n) is 5.15. The number of Topliss-reactive ketones (excluding diaryl/α,β-unsaturated/α-hetero) is 1. The van der Waals surface area contributed by atoms with Crippen LogP contribution in [0.3, 0.4) is 0 Å². The highest BCUT2D eigenvalue weighted by molar-refractivity contribution is 5.96. The van der Waals surface area contributed by atoms with Gasteiger partial charge in [0, 0.05) is 13.0 Å². The zero-order valence-electron chi connectivity index (χ0n) is 9.14. The molecule has 0 unspecified atom stereocenters. The van der Waals surface area contributed by atoms with Gasteiger partial charge >= 0.3 is 0 Å². The molecule has 0 aliphatic heterocycles. The molecule has 0 bridgehead atoms. The van der Waals surface area contributed by atoms with Crippen molar-refractivity contribution in [3.63, 3.8) is 0 Å². The van der Waals surface area contributed by atoms with E-state index in [9.17, 15) is 9.18 Å². The highest BCUT2D eigenvalue weighted by Gasteiger charge is 2.10. The normalized spacial score (nSPS) is 10.3. The lowest BCUT2D eigenvalue weighted by atomic mass is 10.1. The summed E-state index contributed by atoms with van der Waals surface area (Å²) in [5.74, 6) is -0.570. The number of halogens is 1. The quantitative estimate of drug-likeness (QED) is 0.595. The number of carbonyl (C=O) groups is 1. The number of hydrogen-bond donors (Lipinski definition) is 1. The summed E-state index contributed by atoms with van der Waals surface area (Å²) in [6, 6.07) is 4.61. The van der Waals surface area contributed by atoms with Crippen molar-refractivity contribution in [1.82, 2.24) is 5.32 Å². The molecular weight excluding hydrogens is 193 g/mol. The second-order valence-corrected chi connectivity index (χ2v) is 3.51. The van der Waals surface area contributed by atoms with Crippen molar-refractivity contribution in [2.45, 2.75) is 20.3 Å². The van der Waals surface area contributed by atoms with Gasteiger partial charge in [0.05, 0.1) is 5.56 Å². The van der Waals surface area contributed by atoms with Crippen molar-refractivity contribution in [2.24, 2.45) is 0 Å². The fourth-order valence-electron chi connectivity index (χ4n) is 1.37. The molecule has 1 N–H and O–H groups in total. The summed E-state index contributed by atoms with van der Waals surface area (Å²) in [6.45, 7) is 5.24. The molecule has 0 amide bonds. The maximum Gasteiger partial charge on any atom is 0.167 e. The molecule has 0 saturated carbocycles. The number of rotatable bonds is 5. The summed E-state index contributed by atoms with van der Waals surface area (Å²) in [6.07, 6.45) is 0.341. The molecule has 0 aromatic heterocycles. The van der Waals surface area contributed by atoms with Crippen molar-refractivity contribution in [1.29, 1.82) is 0 Å². The molecule has 0 heterocycles. The van der Waals surface area contributed by atoms with Gasteiger partial charge in [-0.1, -0.05) is 18.6 Å². The predicted octanol–water partition coefficient (Wildman–Crippen LogP) is 2.32. The Bertz CT molecular complexity index is 349. The standard InChI is InChI=1S/C12H16FNO/c1-3-14-7-6-12(15)10-8-9(2)4-5-11(10)13/h4-5,8,14H,3,6-7H2,1-2H3. The van der Waals surface area contributed by atoms with E-state index in [-0.39, 0.29) is 11.3 Å². The third-order valence-electron chi connectivity index (χ3n) is 2.20. The Balaban J connectivity index is 2.68. The minimum atomic E-state index is -0.429. The van der Waals surface area contributed by atoms with Crippen molar-refractivity contribution >= 4 is 5.78 Å². The minimum absolute atomic E-state index is 0.142. The highest BCUT2D eigenvalue weighted by Crippen LogP contribution is 2.11. The highest BCUT2D eigenvalue weighted by atomic mass is 19.1. The number of ketones is 1. The van der Waals surface area contributed by atoms with Crippen LogP contribution in [-0.2, 0) is 0 Å². The average Bonchev–Trinajstić information content (AvgIpc) is 2.22. The van der Waals surface area contributed by atoms with E-state index < -0.39 is 5.82 Å². The Morgan fingerprint density at radius 3 is 2.87 bits per heavy atom. The fourth-order valence-corrected chi connectivity index (χ4v) is 1.37. The van der Waals surface area contributed by atoms with Gasteiger partial charge in [-0.2, -0.15) is 0 Å². The summed E-state index contributed by atoms with van der Waals surface area (Å²) in [7, 11) is 0. The molecule has 0 spiro atoms.